The molecule has 1 unspecified atom stereocenters. The molecule has 1 aliphatic rings. The second kappa shape index (κ2) is 6.36. The third kappa shape index (κ3) is 2.87. The fourth-order valence-electron chi connectivity index (χ4n) is 3.33. The van der Waals surface area contributed by atoms with Crippen LogP contribution in [0.1, 0.15) is 41.8 Å². The van der Waals surface area contributed by atoms with Gasteiger partial charge in [-0.25, -0.2) is 4.98 Å². The summed E-state index contributed by atoms with van der Waals surface area (Å²) in [6, 6.07) is 3.64. The van der Waals surface area contributed by atoms with Crippen LogP contribution < -0.4 is 0 Å². The summed E-state index contributed by atoms with van der Waals surface area (Å²) in [4.78, 5) is 27.1. The highest BCUT2D eigenvalue weighted by Gasteiger charge is 2.39. The molecule has 8 heteroatoms. The number of nitrogens with zero attached hydrogens (tertiary/aromatic N) is 5. The van der Waals surface area contributed by atoms with Crippen LogP contribution in [0.4, 0.5) is 0 Å². The van der Waals surface area contributed by atoms with Gasteiger partial charge < -0.3 is 13.8 Å². The molecule has 1 amide bonds. The Labute approximate surface area is 150 Å². The van der Waals surface area contributed by atoms with Crippen molar-refractivity contribution in [2.75, 3.05) is 13.1 Å². The Hall–Kier alpha value is -3.03. The van der Waals surface area contributed by atoms with Gasteiger partial charge in [-0.3, -0.25) is 9.78 Å². The molecule has 134 valence electrons. The van der Waals surface area contributed by atoms with Gasteiger partial charge in [-0.1, -0.05) is 12.1 Å². The number of hydrogen-bond donors (Lipinski definition) is 0. The molecule has 4 rings (SSSR count). The standard InChI is InChI=1S/C18H19N5O3/c1-12-14(25-11-20-12)16(24)23-9-3-6-18(2,10-23)17-21-15(26-22-17)13-4-7-19-8-5-13/h4-5,7-8,11H,3,6,9-10H2,1-2H3. The maximum absolute atomic E-state index is 12.7. The summed E-state index contributed by atoms with van der Waals surface area (Å²) < 4.78 is 10.7. The normalized spacial score (nSPS) is 20.3. The topological polar surface area (TPSA) is 98.2 Å². The zero-order chi connectivity index (χ0) is 18.1. The van der Waals surface area contributed by atoms with Crippen LogP contribution in [0.2, 0.25) is 0 Å². The van der Waals surface area contributed by atoms with E-state index in [1.807, 2.05) is 12.1 Å². The van der Waals surface area contributed by atoms with Gasteiger partial charge in [0.05, 0.1) is 5.69 Å². The van der Waals surface area contributed by atoms with Crippen molar-refractivity contribution in [2.24, 2.45) is 0 Å². The van der Waals surface area contributed by atoms with Crippen molar-refractivity contribution in [3.8, 4) is 11.5 Å². The van der Waals surface area contributed by atoms with E-state index in [4.69, 9.17) is 8.94 Å². The number of aromatic nitrogens is 4. The van der Waals surface area contributed by atoms with Gasteiger partial charge in [0.25, 0.3) is 11.8 Å². The van der Waals surface area contributed by atoms with Gasteiger partial charge >= 0.3 is 0 Å². The molecule has 1 saturated heterocycles. The first kappa shape index (κ1) is 16.4. The molecule has 0 spiro atoms. The maximum atomic E-state index is 12.7. The molecule has 0 aromatic carbocycles. The Morgan fingerprint density at radius 2 is 2.12 bits per heavy atom. The Morgan fingerprint density at radius 3 is 2.85 bits per heavy atom. The van der Waals surface area contributed by atoms with E-state index < -0.39 is 0 Å². The van der Waals surface area contributed by atoms with Crippen molar-refractivity contribution in [3.05, 3.63) is 48.2 Å². The monoisotopic (exact) mass is 353 g/mol. The summed E-state index contributed by atoms with van der Waals surface area (Å²) in [6.45, 7) is 4.99. The minimum atomic E-state index is -0.378. The Kier molecular flexibility index (Phi) is 4.02. The molecule has 3 aromatic heterocycles. The first-order chi connectivity index (χ1) is 12.6. The molecule has 0 N–H and O–H groups in total. The maximum Gasteiger partial charge on any atom is 0.291 e. The van der Waals surface area contributed by atoms with Crippen LogP contribution in [0.3, 0.4) is 0 Å². The quantitative estimate of drug-likeness (QED) is 0.714. The predicted octanol–water partition coefficient (Wildman–Crippen LogP) is 2.62. The molecule has 1 aliphatic heterocycles. The van der Waals surface area contributed by atoms with Crippen LogP contribution in [-0.2, 0) is 5.41 Å². The average molecular weight is 353 g/mol. The minimum Gasteiger partial charge on any atom is -0.438 e. The minimum absolute atomic E-state index is 0.149. The zero-order valence-corrected chi connectivity index (χ0v) is 14.7. The van der Waals surface area contributed by atoms with Gasteiger partial charge in [0.2, 0.25) is 5.76 Å². The lowest BCUT2D eigenvalue weighted by molar-refractivity contribution is 0.0609. The second-order valence-corrected chi connectivity index (χ2v) is 6.82. The van der Waals surface area contributed by atoms with Crippen LogP contribution >= 0.6 is 0 Å². The molecule has 0 radical (unpaired) electrons. The number of likely N-dealkylation sites (tertiary alicyclic amines) is 1. The van der Waals surface area contributed by atoms with E-state index in [0.29, 0.717) is 36.3 Å². The first-order valence-electron chi connectivity index (χ1n) is 8.51. The number of pyridine rings is 1. The third-order valence-corrected chi connectivity index (χ3v) is 4.82. The van der Waals surface area contributed by atoms with Gasteiger partial charge in [-0.15, -0.1) is 0 Å². The molecule has 4 heterocycles. The van der Waals surface area contributed by atoms with E-state index in [2.05, 4.69) is 27.0 Å². The third-order valence-electron chi connectivity index (χ3n) is 4.82. The van der Waals surface area contributed by atoms with Crippen LogP contribution in [0.5, 0.6) is 0 Å². The van der Waals surface area contributed by atoms with Crippen molar-refractivity contribution in [1.29, 1.82) is 0 Å². The summed E-state index contributed by atoms with van der Waals surface area (Å²) in [5, 5.41) is 4.18. The van der Waals surface area contributed by atoms with Gasteiger partial charge in [-0.05, 0) is 31.9 Å². The molecule has 3 aromatic rings. The second-order valence-electron chi connectivity index (χ2n) is 6.82. The molecule has 26 heavy (non-hydrogen) atoms. The number of rotatable bonds is 3. The highest BCUT2D eigenvalue weighted by Crippen LogP contribution is 2.33. The Balaban J connectivity index is 1.57. The van der Waals surface area contributed by atoms with Gasteiger partial charge in [0.15, 0.2) is 12.2 Å². The molecule has 0 aliphatic carbocycles. The highest BCUT2D eigenvalue weighted by atomic mass is 16.5. The number of carbonyl (C=O) groups excluding carboxylic acids is 1. The lowest BCUT2D eigenvalue weighted by atomic mass is 9.81. The summed E-state index contributed by atoms with van der Waals surface area (Å²) in [6.07, 6.45) is 6.39. The van der Waals surface area contributed by atoms with Crippen LogP contribution in [0.15, 0.2) is 39.9 Å². The van der Waals surface area contributed by atoms with E-state index in [1.54, 1.807) is 24.2 Å². The molecule has 1 fully saturated rings. The Bertz CT molecular complexity index is 920. The number of carbonyl (C=O) groups is 1. The number of hydrogen-bond acceptors (Lipinski definition) is 7. The van der Waals surface area contributed by atoms with E-state index in [1.165, 1.54) is 6.39 Å². The lowest BCUT2D eigenvalue weighted by Gasteiger charge is -2.38. The summed E-state index contributed by atoms with van der Waals surface area (Å²) in [5.41, 5.74) is 1.04. The van der Waals surface area contributed by atoms with Crippen molar-refractivity contribution in [3.63, 3.8) is 0 Å². The molecule has 0 saturated carbocycles. The predicted molar refractivity (Wildman–Crippen MR) is 91.3 cm³/mol. The number of oxazole rings is 1. The van der Waals surface area contributed by atoms with Gasteiger partial charge in [-0.2, -0.15) is 4.98 Å². The largest absolute Gasteiger partial charge is 0.438 e. The van der Waals surface area contributed by atoms with Crippen LogP contribution in [-0.4, -0.2) is 44.0 Å². The van der Waals surface area contributed by atoms with Crippen LogP contribution in [0, 0.1) is 6.92 Å². The number of amides is 1. The first-order valence-corrected chi connectivity index (χ1v) is 8.51. The highest BCUT2D eigenvalue weighted by molar-refractivity contribution is 5.92. The zero-order valence-electron chi connectivity index (χ0n) is 14.7. The van der Waals surface area contributed by atoms with E-state index in [-0.39, 0.29) is 11.3 Å². The van der Waals surface area contributed by atoms with Gasteiger partial charge in [0, 0.05) is 36.5 Å². The fraction of sp³-hybridized carbons (Fsp3) is 0.389. The fourth-order valence-corrected chi connectivity index (χ4v) is 3.33. The Morgan fingerprint density at radius 1 is 1.31 bits per heavy atom. The summed E-state index contributed by atoms with van der Waals surface area (Å²) in [7, 11) is 0. The lowest BCUT2D eigenvalue weighted by Crippen LogP contribution is -2.47. The van der Waals surface area contributed by atoms with Crippen molar-refractivity contribution in [2.45, 2.75) is 32.1 Å². The van der Waals surface area contributed by atoms with Crippen molar-refractivity contribution in [1.82, 2.24) is 25.0 Å². The van der Waals surface area contributed by atoms with Crippen molar-refractivity contribution < 1.29 is 13.7 Å². The SMILES string of the molecule is Cc1ncoc1C(=O)N1CCCC(C)(c2noc(-c3ccncc3)n2)C1. The van der Waals surface area contributed by atoms with Crippen LogP contribution in [0.25, 0.3) is 11.5 Å². The number of aryl methyl sites for hydroxylation is 1. The molecular formula is C18H19N5O3. The average Bonchev–Trinajstić information content (AvgIpc) is 3.31. The molecular weight excluding hydrogens is 334 g/mol. The van der Waals surface area contributed by atoms with Gasteiger partial charge in [0.1, 0.15) is 0 Å². The molecule has 0 bridgehead atoms. The molecule has 8 nitrogen and oxygen atoms in total. The van der Waals surface area contributed by atoms with E-state index in [9.17, 15) is 4.79 Å². The summed E-state index contributed by atoms with van der Waals surface area (Å²) in [5.74, 6) is 1.21. The van der Waals surface area contributed by atoms with E-state index in [0.717, 1.165) is 18.4 Å². The summed E-state index contributed by atoms with van der Waals surface area (Å²) >= 11 is 0. The smallest absolute Gasteiger partial charge is 0.291 e. The molecule has 1 atom stereocenters. The van der Waals surface area contributed by atoms with Crippen molar-refractivity contribution >= 4 is 5.91 Å². The van der Waals surface area contributed by atoms with E-state index >= 15 is 0 Å². The number of piperidine rings is 1.